The molecule has 2 amide bonds. The maximum atomic E-state index is 13.1. The summed E-state index contributed by atoms with van der Waals surface area (Å²) in [7, 11) is 0. The molecule has 1 saturated heterocycles. The lowest BCUT2D eigenvalue weighted by atomic mass is 9.94. The largest absolute Gasteiger partial charge is 0.492 e. The molecular weight excluding hydrogens is 482 g/mol. The van der Waals surface area contributed by atoms with Gasteiger partial charge in [-0.25, -0.2) is 0 Å². The Balaban J connectivity index is 1.09. The molecule has 3 aromatic rings. The highest BCUT2D eigenvalue weighted by Gasteiger charge is 2.33. The van der Waals surface area contributed by atoms with Crippen molar-refractivity contribution in [1.82, 2.24) is 14.7 Å². The van der Waals surface area contributed by atoms with Crippen LogP contribution >= 0.6 is 12.6 Å². The van der Waals surface area contributed by atoms with Crippen LogP contribution in [-0.2, 0) is 6.42 Å². The number of hydrogen-bond donors (Lipinski definition) is 1. The number of thiol groups is 1. The molecule has 0 unspecified atom stereocenters. The van der Waals surface area contributed by atoms with Crippen molar-refractivity contribution in [3.05, 3.63) is 90.0 Å². The van der Waals surface area contributed by atoms with Gasteiger partial charge in [-0.1, -0.05) is 48.5 Å². The maximum Gasteiger partial charge on any atom is 0.261 e. The monoisotopic (exact) mass is 515 g/mol. The molecule has 0 aromatic heterocycles. The average Bonchev–Trinajstić information content (AvgIpc) is 2.92. The van der Waals surface area contributed by atoms with Gasteiger partial charge in [-0.2, -0.15) is 12.6 Å². The van der Waals surface area contributed by atoms with Crippen LogP contribution in [0.5, 0.6) is 5.75 Å². The fraction of sp³-hybridized carbons (Fsp3) is 0.333. The molecule has 3 aromatic carbocycles. The minimum absolute atomic E-state index is 0.106. The molecule has 0 bridgehead atoms. The minimum Gasteiger partial charge on any atom is -0.492 e. The van der Waals surface area contributed by atoms with Crippen LogP contribution in [0.25, 0.3) is 10.8 Å². The summed E-state index contributed by atoms with van der Waals surface area (Å²) in [4.78, 5) is 32.4. The van der Waals surface area contributed by atoms with E-state index in [0.29, 0.717) is 30.8 Å². The lowest BCUT2D eigenvalue weighted by molar-refractivity contribution is 0.0572. The van der Waals surface area contributed by atoms with Gasteiger partial charge in [-0.3, -0.25) is 24.3 Å². The summed E-state index contributed by atoms with van der Waals surface area (Å²) in [5.41, 5.74) is 2.37. The zero-order chi connectivity index (χ0) is 25.8. The maximum absolute atomic E-state index is 13.1. The van der Waals surface area contributed by atoms with Crippen molar-refractivity contribution in [3.8, 4) is 5.75 Å². The number of benzene rings is 3. The van der Waals surface area contributed by atoms with Gasteiger partial charge >= 0.3 is 0 Å². The number of imide groups is 1. The molecule has 7 heteroatoms. The summed E-state index contributed by atoms with van der Waals surface area (Å²) in [5, 5.41) is 1.82. The second-order valence-electron chi connectivity index (χ2n) is 9.68. The van der Waals surface area contributed by atoms with Gasteiger partial charge in [0.25, 0.3) is 11.8 Å². The number of allylic oxidation sites excluding steroid dienone is 1. The highest BCUT2D eigenvalue weighted by molar-refractivity contribution is 7.81. The van der Waals surface area contributed by atoms with E-state index in [9.17, 15) is 9.59 Å². The third-order valence-corrected chi connectivity index (χ3v) is 7.51. The van der Waals surface area contributed by atoms with Gasteiger partial charge in [0, 0.05) is 67.6 Å². The Morgan fingerprint density at radius 2 is 1.51 bits per heavy atom. The van der Waals surface area contributed by atoms with Crippen LogP contribution in [0, 0.1) is 0 Å². The molecule has 192 valence electrons. The first kappa shape index (κ1) is 25.5. The van der Waals surface area contributed by atoms with Gasteiger partial charge in [-0.15, -0.1) is 6.58 Å². The Morgan fingerprint density at radius 3 is 2.19 bits per heavy atom. The van der Waals surface area contributed by atoms with Gasteiger partial charge in [0.15, 0.2) is 0 Å². The summed E-state index contributed by atoms with van der Waals surface area (Å²) in [5.74, 6) is 0.507. The third kappa shape index (κ3) is 5.59. The van der Waals surface area contributed by atoms with Gasteiger partial charge in [0.1, 0.15) is 12.4 Å². The van der Waals surface area contributed by atoms with Crippen molar-refractivity contribution in [3.63, 3.8) is 0 Å². The van der Waals surface area contributed by atoms with E-state index in [4.69, 9.17) is 17.4 Å². The van der Waals surface area contributed by atoms with E-state index in [-0.39, 0.29) is 17.1 Å². The molecule has 2 aliphatic heterocycles. The Labute approximate surface area is 223 Å². The van der Waals surface area contributed by atoms with E-state index in [1.165, 1.54) is 4.90 Å². The summed E-state index contributed by atoms with van der Waals surface area (Å²) < 4.78 is 6.06. The Morgan fingerprint density at radius 1 is 0.865 bits per heavy atom. The summed E-state index contributed by atoms with van der Waals surface area (Å²) >= 11 is 4.77. The highest BCUT2D eigenvalue weighted by Crippen LogP contribution is 2.30. The average molecular weight is 516 g/mol. The third-order valence-electron chi connectivity index (χ3n) is 7.20. The highest BCUT2D eigenvalue weighted by atomic mass is 32.1. The van der Waals surface area contributed by atoms with Gasteiger partial charge in [-0.05, 0) is 35.6 Å². The number of piperazine rings is 1. The second kappa shape index (κ2) is 11.5. The number of nitrogens with zero attached hydrogens (tertiary/aromatic N) is 3. The minimum atomic E-state index is -0.194. The molecule has 0 saturated carbocycles. The summed E-state index contributed by atoms with van der Waals surface area (Å²) in [6.45, 7) is 9.94. The number of para-hydroxylation sites is 1. The van der Waals surface area contributed by atoms with Gasteiger partial charge in [0.05, 0.1) is 0 Å². The second-order valence-corrected chi connectivity index (χ2v) is 10.4. The van der Waals surface area contributed by atoms with Crippen molar-refractivity contribution >= 4 is 35.2 Å². The molecule has 0 radical (unpaired) electrons. The number of rotatable bonds is 10. The van der Waals surface area contributed by atoms with Crippen LogP contribution in [-0.4, -0.2) is 84.2 Å². The topological polar surface area (TPSA) is 53.1 Å². The smallest absolute Gasteiger partial charge is 0.261 e. The predicted octanol–water partition coefficient (Wildman–Crippen LogP) is 4.16. The molecule has 37 heavy (non-hydrogen) atoms. The van der Waals surface area contributed by atoms with Crippen LogP contribution in [0.2, 0.25) is 0 Å². The Kier molecular flexibility index (Phi) is 7.93. The quantitative estimate of drug-likeness (QED) is 0.250. The van der Waals surface area contributed by atoms with Crippen LogP contribution in [0.1, 0.15) is 26.3 Å². The van der Waals surface area contributed by atoms with Gasteiger partial charge < -0.3 is 4.74 Å². The van der Waals surface area contributed by atoms with Crippen molar-refractivity contribution in [2.24, 2.45) is 0 Å². The molecule has 0 N–H and O–H groups in total. The first-order valence-corrected chi connectivity index (χ1v) is 13.4. The zero-order valence-corrected chi connectivity index (χ0v) is 21.9. The predicted molar refractivity (Wildman–Crippen MR) is 151 cm³/mol. The number of ether oxygens (including phenoxy) is 1. The van der Waals surface area contributed by atoms with Crippen molar-refractivity contribution in [2.75, 3.05) is 52.4 Å². The Hall–Kier alpha value is -3.13. The summed E-state index contributed by atoms with van der Waals surface area (Å²) in [6.07, 6.45) is 2.67. The van der Waals surface area contributed by atoms with Crippen molar-refractivity contribution in [2.45, 2.75) is 11.7 Å². The molecule has 0 spiro atoms. The fourth-order valence-electron chi connectivity index (χ4n) is 5.23. The number of carbonyl (C=O) groups excluding carboxylic acids is 2. The first-order chi connectivity index (χ1) is 18.0. The normalized spacial score (nSPS) is 17.3. The van der Waals surface area contributed by atoms with Crippen LogP contribution in [0.15, 0.2) is 73.3 Å². The SMILES string of the molecule is C=CCc1ccccc1OC[C@@H](S)CN1CCN(CCN2C(=O)c3cccc4cccc(c34)C2=O)CC1. The van der Waals surface area contributed by atoms with E-state index in [1.54, 1.807) is 0 Å². The standard InChI is InChI=1S/C30H33N3O3S/c1-2-7-22-8-3-4-13-27(22)36-21-24(37)20-32-16-14-31(15-17-32)18-19-33-29(34)25-11-5-9-23-10-6-12-26(28(23)25)30(33)35/h2-6,8-13,24,37H,1,7,14-21H2/t24-/m0/s1. The number of amides is 2. The number of carbonyl (C=O) groups is 2. The van der Waals surface area contributed by atoms with Gasteiger partial charge in [0.2, 0.25) is 0 Å². The molecular formula is C30H33N3O3S. The van der Waals surface area contributed by atoms with E-state index in [1.807, 2.05) is 60.7 Å². The Bertz CT molecular complexity index is 1250. The van der Waals surface area contributed by atoms with Crippen LogP contribution in [0.4, 0.5) is 0 Å². The molecule has 2 heterocycles. The fourth-order valence-corrected chi connectivity index (χ4v) is 5.53. The van der Waals surface area contributed by atoms with E-state index >= 15 is 0 Å². The van der Waals surface area contributed by atoms with E-state index in [0.717, 1.165) is 61.2 Å². The molecule has 6 nitrogen and oxygen atoms in total. The van der Waals surface area contributed by atoms with Crippen molar-refractivity contribution < 1.29 is 14.3 Å². The zero-order valence-electron chi connectivity index (χ0n) is 21.0. The number of hydrogen-bond acceptors (Lipinski definition) is 6. The molecule has 1 fully saturated rings. The van der Waals surface area contributed by atoms with Crippen LogP contribution < -0.4 is 4.74 Å². The summed E-state index contributed by atoms with van der Waals surface area (Å²) in [6, 6.07) is 19.4. The molecule has 2 aliphatic rings. The lowest BCUT2D eigenvalue weighted by Gasteiger charge is -2.37. The molecule has 1 atom stereocenters. The van der Waals surface area contributed by atoms with Crippen molar-refractivity contribution in [1.29, 1.82) is 0 Å². The first-order valence-electron chi connectivity index (χ1n) is 12.9. The van der Waals surface area contributed by atoms with Crippen LogP contribution in [0.3, 0.4) is 0 Å². The molecule has 5 rings (SSSR count). The molecule has 0 aliphatic carbocycles. The lowest BCUT2D eigenvalue weighted by Crippen LogP contribution is -2.51. The van der Waals surface area contributed by atoms with E-state index in [2.05, 4.69) is 22.4 Å². The van der Waals surface area contributed by atoms with E-state index < -0.39 is 0 Å².